The fourth-order valence-electron chi connectivity index (χ4n) is 2.71. The summed E-state index contributed by atoms with van der Waals surface area (Å²) in [4.78, 5) is 25.4. The van der Waals surface area contributed by atoms with Gasteiger partial charge in [-0.15, -0.1) is 0 Å². The maximum absolute atomic E-state index is 13.0. The maximum atomic E-state index is 13.0. The number of ether oxygens (including phenoxy) is 3. The van der Waals surface area contributed by atoms with Gasteiger partial charge in [-0.25, -0.2) is 4.79 Å². The molecule has 0 bridgehead atoms. The number of unbranched alkanes of at least 4 members (excludes halogenated alkanes) is 1. The number of carbonyl (C=O) groups excluding carboxylic acids is 2. The smallest absolute Gasteiger partial charge is 0.341 e. The van der Waals surface area contributed by atoms with Crippen LogP contribution in [0.2, 0.25) is 0 Å². The average molecular weight is 408 g/mol. The summed E-state index contributed by atoms with van der Waals surface area (Å²) in [6, 6.07) is 5.03. The molecule has 1 aromatic carbocycles. The second-order valence-corrected chi connectivity index (χ2v) is 7.77. The van der Waals surface area contributed by atoms with Crippen molar-refractivity contribution in [2.75, 3.05) is 25.1 Å². The Bertz CT molecular complexity index is 649. The van der Waals surface area contributed by atoms with Crippen molar-refractivity contribution >= 4 is 17.6 Å². The van der Waals surface area contributed by atoms with E-state index in [2.05, 4.69) is 12.2 Å². The average Bonchev–Trinajstić information content (AvgIpc) is 2.69. The first kappa shape index (κ1) is 25.0. The Labute approximate surface area is 175 Å². The van der Waals surface area contributed by atoms with Gasteiger partial charge in [-0.3, -0.25) is 4.79 Å². The zero-order valence-corrected chi connectivity index (χ0v) is 18.8. The van der Waals surface area contributed by atoms with Crippen LogP contribution in [0.25, 0.3) is 0 Å². The number of benzene rings is 1. The molecule has 0 aromatic heterocycles. The van der Waals surface area contributed by atoms with Crippen LogP contribution >= 0.6 is 0 Å². The van der Waals surface area contributed by atoms with Crippen LogP contribution < -0.4 is 10.1 Å². The molecule has 1 aromatic rings. The van der Waals surface area contributed by atoms with E-state index in [9.17, 15) is 9.59 Å². The third kappa shape index (κ3) is 8.05. The lowest BCUT2D eigenvalue weighted by atomic mass is 9.97. The third-order valence-corrected chi connectivity index (χ3v) is 4.42. The molecule has 0 aliphatic rings. The quantitative estimate of drug-likeness (QED) is 0.454. The van der Waals surface area contributed by atoms with Gasteiger partial charge in [-0.05, 0) is 50.8 Å². The minimum absolute atomic E-state index is 0.218. The molecule has 1 atom stereocenters. The van der Waals surface area contributed by atoms with Crippen LogP contribution in [-0.4, -0.2) is 37.3 Å². The maximum Gasteiger partial charge on any atom is 0.341 e. The molecular formula is C23H37NO5. The lowest BCUT2D eigenvalue weighted by Gasteiger charge is -2.28. The second kappa shape index (κ2) is 12.5. The number of esters is 1. The molecule has 1 unspecified atom stereocenters. The van der Waals surface area contributed by atoms with E-state index in [-0.39, 0.29) is 12.5 Å². The summed E-state index contributed by atoms with van der Waals surface area (Å²) in [6.45, 7) is 13.0. The molecule has 0 saturated carbocycles. The zero-order valence-electron chi connectivity index (χ0n) is 18.8. The van der Waals surface area contributed by atoms with Gasteiger partial charge < -0.3 is 19.5 Å². The summed E-state index contributed by atoms with van der Waals surface area (Å²) >= 11 is 0. The number of carbonyl (C=O) groups is 2. The van der Waals surface area contributed by atoms with Gasteiger partial charge >= 0.3 is 5.97 Å². The molecule has 0 aliphatic heterocycles. The van der Waals surface area contributed by atoms with Crippen LogP contribution in [0, 0.1) is 5.92 Å². The van der Waals surface area contributed by atoms with Crippen LogP contribution in [0.15, 0.2) is 18.2 Å². The first-order valence-corrected chi connectivity index (χ1v) is 10.7. The van der Waals surface area contributed by atoms with E-state index in [1.165, 1.54) is 0 Å². The van der Waals surface area contributed by atoms with E-state index < -0.39 is 11.6 Å². The van der Waals surface area contributed by atoms with Gasteiger partial charge in [0.1, 0.15) is 16.9 Å². The number of nitrogens with one attached hydrogen (secondary N) is 1. The van der Waals surface area contributed by atoms with Gasteiger partial charge in [0.2, 0.25) is 0 Å². The molecule has 0 saturated heterocycles. The monoisotopic (exact) mass is 407 g/mol. The third-order valence-electron chi connectivity index (χ3n) is 4.42. The molecule has 0 spiro atoms. The number of hydrogen-bond donors (Lipinski definition) is 1. The fourth-order valence-corrected chi connectivity index (χ4v) is 2.71. The van der Waals surface area contributed by atoms with Gasteiger partial charge in [-0.2, -0.15) is 0 Å². The summed E-state index contributed by atoms with van der Waals surface area (Å²) in [7, 11) is 0. The first-order valence-electron chi connectivity index (χ1n) is 10.7. The van der Waals surface area contributed by atoms with Gasteiger partial charge in [0, 0.05) is 12.3 Å². The Hall–Kier alpha value is -2.08. The molecule has 164 valence electrons. The fraction of sp³-hybridized carbons (Fsp3) is 0.652. The standard InChI is InChI=1S/C23H37NO5/c1-7-10-13-23(6,29-14-8-2)22(26)24-18-11-12-20(28-16-17(4)5)19(15-18)21(25)27-9-3/h11-12,15,17H,7-10,13-14,16H2,1-6H3,(H,24,26). The highest BCUT2D eigenvalue weighted by Gasteiger charge is 2.33. The highest BCUT2D eigenvalue weighted by molar-refractivity contribution is 5.99. The van der Waals surface area contributed by atoms with Crippen molar-refractivity contribution in [1.29, 1.82) is 0 Å². The largest absolute Gasteiger partial charge is 0.492 e. The molecule has 1 amide bonds. The summed E-state index contributed by atoms with van der Waals surface area (Å²) in [6.07, 6.45) is 3.34. The number of amides is 1. The molecular weight excluding hydrogens is 370 g/mol. The van der Waals surface area contributed by atoms with Crippen molar-refractivity contribution < 1.29 is 23.8 Å². The van der Waals surface area contributed by atoms with Gasteiger partial charge in [-0.1, -0.05) is 40.5 Å². The Morgan fingerprint density at radius 3 is 2.45 bits per heavy atom. The Kier molecular flexibility index (Phi) is 10.7. The summed E-state index contributed by atoms with van der Waals surface area (Å²) in [5.74, 6) is 0.0777. The topological polar surface area (TPSA) is 73.9 Å². The van der Waals surface area contributed by atoms with Crippen LogP contribution in [0.5, 0.6) is 5.75 Å². The lowest BCUT2D eigenvalue weighted by Crippen LogP contribution is -2.43. The predicted octanol–water partition coefficient (Wildman–Crippen LogP) is 5.21. The van der Waals surface area contributed by atoms with E-state index in [4.69, 9.17) is 14.2 Å². The SMILES string of the molecule is CCCCC(C)(OCCC)C(=O)Nc1ccc(OCC(C)C)c(C(=O)OCC)c1. The van der Waals surface area contributed by atoms with Crippen molar-refractivity contribution in [3.8, 4) is 5.75 Å². The molecule has 1 N–H and O–H groups in total. The molecule has 29 heavy (non-hydrogen) atoms. The van der Waals surface area contributed by atoms with Gasteiger partial charge in [0.15, 0.2) is 0 Å². The number of hydrogen-bond acceptors (Lipinski definition) is 5. The minimum Gasteiger partial charge on any atom is -0.492 e. The van der Waals surface area contributed by atoms with Crippen molar-refractivity contribution in [2.45, 2.75) is 72.8 Å². The summed E-state index contributed by atoms with van der Waals surface area (Å²) in [5.41, 5.74) is -0.101. The summed E-state index contributed by atoms with van der Waals surface area (Å²) < 4.78 is 16.8. The molecule has 6 nitrogen and oxygen atoms in total. The van der Waals surface area contributed by atoms with E-state index in [0.717, 1.165) is 19.3 Å². The Morgan fingerprint density at radius 2 is 1.86 bits per heavy atom. The Balaban J connectivity index is 3.07. The molecule has 0 radical (unpaired) electrons. The van der Waals surface area contributed by atoms with Crippen LogP contribution in [0.4, 0.5) is 5.69 Å². The minimum atomic E-state index is -0.914. The lowest BCUT2D eigenvalue weighted by molar-refractivity contribution is -0.140. The van der Waals surface area contributed by atoms with E-state index in [1.54, 1.807) is 25.1 Å². The Morgan fingerprint density at radius 1 is 1.14 bits per heavy atom. The molecule has 1 rings (SSSR count). The molecule has 0 aliphatic carbocycles. The molecule has 0 fully saturated rings. The number of anilines is 1. The van der Waals surface area contributed by atoms with E-state index in [1.807, 2.05) is 27.7 Å². The highest BCUT2D eigenvalue weighted by atomic mass is 16.5. The predicted molar refractivity (Wildman–Crippen MR) is 116 cm³/mol. The van der Waals surface area contributed by atoms with Gasteiger partial charge in [0.05, 0.1) is 13.2 Å². The van der Waals surface area contributed by atoms with Crippen molar-refractivity contribution in [1.82, 2.24) is 0 Å². The first-order chi connectivity index (χ1) is 13.8. The highest BCUT2D eigenvalue weighted by Crippen LogP contribution is 2.27. The van der Waals surface area contributed by atoms with Crippen LogP contribution in [-0.2, 0) is 14.3 Å². The van der Waals surface area contributed by atoms with Gasteiger partial charge in [0.25, 0.3) is 5.91 Å². The molecule has 6 heteroatoms. The normalized spacial score (nSPS) is 13.1. The number of rotatable bonds is 13. The van der Waals surface area contributed by atoms with Crippen molar-refractivity contribution in [3.63, 3.8) is 0 Å². The molecule has 0 heterocycles. The van der Waals surface area contributed by atoms with Crippen molar-refractivity contribution in [3.05, 3.63) is 23.8 Å². The van der Waals surface area contributed by atoms with Crippen LogP contribution in [0.1, 0.15) is 77.6 Å². The van der Waals surface area contributed by atoms with E-state index >= 15 is 0 Å². The second-order valence-electron chi connectivity index (χ2n) is 7.77. The van der Waals surface area contributed by atoms with E-state index in [0.29, 0.717) is 42.6 Å². The van der Waals surface area contributed by atoms with Crippen molar-refractivity contribution in [2.24, 2.45) is 5.92 Å². The zero-order chi connectivity index (χ0) is 21.9. The van der Waals surface area contributed by atoms with Crippen LogP contribution in [0.3, 0.4) is 0 Å². The summed E-state index contributed by atoms with van der Waals surface area (Å²) in [5, 5.41) is 2.90.